The first-order chi connectivity index (χ1) is 13.1. The molecule has 2 rings (SSSR count). The Morgan fingerprint density at radius 3 is 2.71 bits per heavy atom. The fraction of sp³-hybridized carbons (Fsp3) is 0.500. The standard InChI is InChI=1S/C20H23F3O5/c1-3-16-17(19(26)10-18(16)25)8-7-15(28-12(2)24)11-27-14-6-4-5-13(9-14)20(21,22)23/h4-9,15-17,19,26H,3,10-11H2,1-2H3/t15-,16-,17-,19-/m1/s1. The highest BCUT2D eigenvalue weighted by Crippen LogP contribution is 2.33. The fourth-order valence-corrected chi connectivity index (χ4v) is 3.27. The number of Topliss-reactive ketones (excluding diaryl/α,β-unsaturated/α-hetero) is 1. The van der Waals surface area contributed by atoms with Gasteiger partial charge in [0.1, 0.15) is 18.1 Å². The van der Waals surface area contributed by atoms with Crippen molar-refractivity contribution in [3.05, 3.63) is 42.0 Å². The summed E-state index contributed by atoms with van der Waals surface area (Å²) in [6.07, 6.45) is -2.40. The number of hydrogen-bond donors (Lipinski definition) is 1. The molecule has 8 heteroatoms. The number of benzene rings is 1. The van der Waals surface area contributed by atoms with Gasteiger partial charge in [0.25, 0.3) is 0 Å². The van der Waals surface area contributed by atoms with E-state index in [1.807, 2.05) is 6.92 Å². The van der Waals surface area contributed by atoms with Crippen LogP contribution in [0.5, 0.6) is 5.75 Å². The monoisotopic (exact) mass is 400 g/mol. The third-order valence-electron chi connectivity index (χ3n) is 4.61. The molecule has 0 saturated heterocycles. The fourth-order valence-electron chi connectivity index (χ4n) is 3.27. The predicted octanol–water partition coefficient (Wildman–Crippen LogP) is 3.55. The second-order valence-electron chi connectivity index (χ2n) is 6.70. The summed E-state index contributed by atoms with van der Waals surface area (Å²) in [7, 11) is 0. The Hall–Kier alpha value is -2.35. The van der Waals surface area contributed by atoms with Gasteiger partial charge in [-0.15, -0.1) is 0 Å². The lowest BCUT2D eigenvalue weighted by Crippen LogP contribution is -2.24. The maximum atomic E-state index is 12.8. The second kappa shape index (κ2) is 9.23. The van der Waals surface area contributed by atoms with E-state index >= 15 is 0 Å². The summed E-state index contributed by atoms with van der Waals surface area (Å²) >= 11 is 0. The zero-order valence-electron chi connectivity index (χ0n) is 15.6. The van der Waals surface area contributed by atoms with Crippen LogP contribution in [-0.4, -0.2) is 35.7 Å². The molecule has 0 spiro atoms. The molecule has 1 fully saturated rings. The van der Waals surface area contributed by atoms with E-state index in [1.165, 1.54) is 25.1 Å². The number of carbonyl (C=O) groups excluding carboxylic acids is 2. The Kier molecular flexibility index (Phi) is 7.23. The highest BCUT2D eigenvalue weighted by Gasteiger charge is 2.38. The maximum absolute atomic E-state index is 12.8. The van der Waals surface area contributed by atoms with Crippen molar-refractivity contribution in [1.82, 2.24) is 0 Å². The van der Waals surface area contributed by atoms with Gasteiger partial charge in [-0.05, 0) is 30.7 Å². The molecule has 1 N–H and O–H groups in total. The number of aliphatic hydroxyl groups is 1. The summed E-state index contributed by atoms with van der Waals surface area (Å²) < 4.78 is 48.8. The average Bonchev–Trinajstić information content (AvgIpc) is 2.89. The molecule has 1 aliphatic carbocycles. The Morgan fingerprint density at radius 1 is 1.39 bits per heavy atom. The smallest absolute Gasteiger partial charge is 0.416 e. The third-order valence-corrected chi connectivity index (χ3v) is 4.61. The molecule has 0 radical (unpaired) electrons. The van der Waals surface area contributed by atoms with Gasteiger partial charge in [-0.2, -0.15) is 13.2 Å². The number of carbonyl (C=O) groups is 2. The minimum atomic E-state index is -4.49. The van der Waals surface area contributed by atoms with Crippen LogP contribution in [0.15, 0.2) is 36.4 Å². The minimum Gasteiger partial charge on any atom is -0.489 e. The van der Waals surface area contributed by atoms with Crippen LogP contribution in [0.3, 0.4) is 0 Å². The number of halogens is 3. The summed E-state index contributed by atoms with van der Waals surface area (Å²) in [5.41, 5.74) is -0.844. The number of alkyl halides is 3. The third kappa shape index (κ3) is 5.82. The summed E-state index contributed by atoms with van der Waals surface area (Å²) in [6.45, 7) is 2.85. The van der Waals surface area contributed by atoms with Crippen LogP contribution in [-0.2, 0) is 20.5 Å². The maximum Gasteiger partial charge on any atom is 0.416 e. The molecule has 5 nitrogen and oxygen atoms in total. The average molecular weight is 400 g/mol. The number of ketones is 1. The predicted molar refractivity (Wildman–Crippen MR) is 94.5 cm³/mol. The molecule has 1 aromatic carbocycles. The van der Waals surface area contributed by atoms with E-state index in [2.05, 4.69) is 0 Å². The molecule has 0 aromatic heterocycles. The van der Waals surface area contributed by atoms with Crippen molar-refractivity contribution >= 4 is 11.8 Å². The second-order valence-corrected chi connectivity index (χ2v) is 6.70. The van der Waals surface area contributed by atoms with Gasteiger partial charge < -0.3 is 14.6 Å². The number of rotatable bonds is 7. The van der Waals surface area contributed by atoms with Gasteiger partial charge in [0.05, 0.1) is 11.7 Å². The zero-order valence-corrected chi connectivity index (χ0v) is 15.6. The SMILES string of the molecule is CC[C@H]1C(=O)C[C@@H](O)[C@@H]1C=C[C@H](COc1cccc(C(F)(F)F)c1)OC(C)=O. The van der Waals surface area contributed by atoms with Gasteiger partial charge >= 0.3 is 12.1 Å². The molecule has 28 heavy (non-hydrogen) atoms. The van der Waals surface area contributed by atoms with Gasteiger partial charge in [0, 0.05) is 25.2 Å². The molecular formula is C20H23F3O5. The van der Waals surface area contributed by atoms with E-state index in [-0.39, 0.29) is 30.5 Å². The molecule has 0 unspecified atom stereocenters. The van der Waals surface area contributed by atoms with Crippen molar-refractivity contribution in [2.24, 2.45) is 11.8 Å². The van der Waals surface area contributed by atoms with Gasteiger partial charge in [-0.25, -0.2) is 0 Å². The van der Waals surface area contributed by atoms with Crippen LogP contribution in [0.2, 0.25) is 0 Å². The normalized spacial score (nSPS) is 23.8. The van der Waals surface area contributed by atoms with Crippen LogP contribution >= 0.6 is 0 Å². The first-order valence-corrected chi connectivity index (χ1v) is 8.98. The molecule has 0 aliphatic heterocycles. The Morgan fingerprint density at radius 2 is 2.11 bits per heavy atom. The Bertz CT molecular complexity index is 729. The molecule has 1 aliphatic rings. The molecule has 154 valence electrons. The molecule has 0 bridgehead atoms. The van der Waals surface area contributed by atoms with E-state index in [0.717, 1.165) is 12.1 Å². The quantitative estimate of drug-likeness (QED) is 0.560. The van der Waals surface area contributed by atoms with Crippen molar-refractivity contribution in [3.63, 3.8) is 0 Å². The van der Waals surface area contributed by atoms with Crippen molar-refractivity contribution in [2.45, 2.75) is 45.1 Å². The van der Waals surface area contributed by atoms with E-state index in [1.54, 1.807) is 6.08 Å². The van der Waals surface area contributed by atoms with Gasteiger partial charge in [0.15, 0.2) is 6.10 Å². The van der Waals surface area contributed by atoms with Crippen molar-refractivity contribution in [3.8, 4) is 5.75 Å². The molecule has 1 aromatic rings. The first-order valence-electron chi connectivity index (χ1n) is 8.98. The van der Waals surface area contributed by atoms with E-state index in [4.69, 9.17) is 9.47 Å². The molecule has 4 atom stereocenters. The summed E-state index contributed by atoms with van der Waals surface area (Å²) in [5, 5.41) is 10.1. The van der Waals surface area contributed by atoms with Gasteiger partial charge in [-0.3, -0.25) is 9.59 Å². The lowest BCUT2D eigenvalue weighted by Gasteiger charge is -2.18. The summed E-state index contributed by atoms with van der Waals surface area (Å²) in [5.74, 6) is -1.33. The number of aliphatic hydroxyl groups excluding tert-OH is 1. The van der Waals surface area contributed by atoms with Crippen LogP contribution in [0.25, 0.3) is 0 Å². The number of ether oxygens (including phenoxy) is 2. The van der Waals surface area contributed by atoms with Gasteiger partial charge in [-0.1, -0.05) is 19.1 Å². The summed E-state index contributed by atoms with van der Waals surface area (Å²) in [4.78, 5) is 23.2. The molecule has 1 saturated carbocycles. The number of esters is 1. The molecule has 0 heterocycles. The van der Waals surface area contributed by atoms with Crippen molar-refractivity contribution in [1.29, 1.82) is 0 Å². The minimum absolute atomic E-state index is 0.0112. The Balaban J connectivity index is 2.08. The van der Waals surface area contributed by atoms with E-state index < -0.39 is 35.8 Å². The lowest BCUT2D eigenvalue weighted by molar-refractivity contribution is -0.145. The van der Waals surface area contributed by atoms with Crippen molar-refractivity contribution < 1.29 is 37.3 Å². The van der Waals surface area contributed by atoms with Crippen LogP contribution < -0.4 is 4.74 Å². The lowest BCUT2D eigenvalue weighted by atomic mass is 9.91. The van der Waals surface area contributed by atoms with Crippen LogP contribution in [0, 0.1) is 11.8 Å². The van der Waals surface area contributed by atoms with Crippen LogP contribution in [0.1, 0.15) is 32.3 Å². The molecule has 0 amide bonds. The topological polar surface area (TPSA) is 72.8 Å². The van der Waals surface area contributed by atoms with Crippen LogP contribution in [0.4, 0.5) is 13.2 Å². The Labute approximate surface area is 161 Å². The highest BCUT2D eigenvalue weighted by molar-refractivity contribution is 5.84. The first kappa shape index (κ1) is 21.9. The number of hydrogen-bond acceptors (Lipinski definition) is 5. The van der Waals surface area contributed by atoms with Crippen molar-refractivity contribution in [2.75, 3.05) is 6.61 Å². The largest absolute Gasteiger partial charge is 0.489 e. The van der Waals surface area contributed by atoms with E-state index in [0.29, 0.717) is 6.42 Å². The van der Waals surface area contributed by atoms with E-state index in [9.17, 15) is 27.9 Å². The highest BCUT2D eigenvalue weighted by atomic mass is 19.4. The molecular weight excluding hydrogens is 377 g/mol. The summed E-state index contributed by atoms with van der Waals surface area (Å²) in [6, 6.07) is 4.39. The zero-order chi connectivity index (χ0) is 20.9. The van der Waals surface area contributed by atoms with Gasteiger partial charge in [0.2, 0.25) is 0 Å².